The summed E-state index contributed by atoms with van der Waals surface area (Å²) >= 11 is 0. The second kappa shape index (κ2) is 6.78. The Morgan fingerprint density at radius 3 is 1.40 bits per heavy atom. The molecule has 0 bridgehead atoms. The van der Waals surface area contributed by atoms with Gasteiger partial charge in [-0.15, -0.1) is 0 Å². The summed E-state index contributed by atoms with van der Waals surface area (Å²) in [6.07, 6.45) is 0. The minimum absolute atomic E-state index is 0.353. The van der Waals surface area contributed by atoms with Crippen molar-refractivity contribution in [3.8, 4) is 23.0 Å². The van der Waals surface area contributed by atoms with E-state index in [0.29, 0.717) is 23.0 Å². The maximum Gasteiger partial charge on any atom is 0.492 e. The maximum atomic E-state index is 11.9. The molecule has 0 saturated heterocycles. The van der Waals surface area contributed by atoms with Gasteiger partial charge in [-0.3, -0.25) is 0 Å². The predicted octanol–water partition coefficient (Wildman–Crippen LogP) is 3.82. The van der Waals surface area contributed by atoms with Gasteiger partial charge in [0.05, 0.1) is 14.2 Å². The Bertz CT molecular complexity index is 548. The molecule has 2 rings (SSSR count). The Morgan fingerprint density at radius 1 is 0.700 bits per heavy atom. The predicted molar refractivity (Wildman–Crippen MR) is 74.9 cm³/mol. The molecule has 0 spiro atoms. The molecule has 5 nitrogen and oxygen atoms in total. The van der Waals surface area contributed by atoms with Crippen molar-refractivity contribution in [1.82, 2.24) is 0 Å². The van der Waals surface area contributed by atoms with Gasteiger partial charge in [0.1, 0.15) is 0 Å². The molecule has 0 aliphatic heterocycles. The molecule has 6 heteroatoms. The Labute approximate surface area is 118 Å². The Kier molecular flexibility index (Phi) is 4.80. The molecule has 0 heterocycles. The molecule has 0 fully saturated rings. The standard InChI is InChI=1S/C14H14O5P/c1-16-11-7-3-5-9-13(11)18-20(15)19-14-10-6-4-8-12(14)17-2/h3-10H,1-2H3. The van der Waals surface area contributed by atoms with Crippen LogP contribution in [0.2, 0.25) is 0 Å². The highest BCUT2D eigenvalue weighted by atomic mass is 31.1. The second-order valence-corrected chi connectivity index (χ2v) is 4.52. The molecule has 0 unspecified atom stereocenters. The fraction of sp³-hybridized carbons (Fsp3) is 0.143. The van der Waals surface area contributed by atoms with Crippen molar-refractivity contribution < 1.29 is 23.1 Å². The fourth-order valence-electron chi connectivity index (χ4n) is 1.57. The van der Waals surface area contributed by atoms with Crippen LogP contribution >= 0.6 is 8.25 Å². The lowest BCUT2D eigenvalue weighted by molar-refractivity contribution is 0.362. The highest BCUT2D eigenvalue weighted by Crippen LogP contribution is 2.38. The number of ether oxygens (including phenoxy) is 2. The quantitative estimate of drug-likeness (QED) is 0.758. The van der Waals surface area contributed by atoms with Gasteiger partial charge in [-0.1, -0.05) is 24.3 Å². The number of para-hydroxylation sites is 4. The maximum absolute atomic E-state index is 11.9. The highest BCUT2D eigenvalue weighted by Gasteiger charge is 2.13. The molecule has 0 aliphatic carbocycles. The van der Waals surface area contributed by atoms with Crippen LogP contribution in [0, 0.1) is 0 Å². The Morgan fingerprint density at radius 2 is 1.05 bits per heavy atom. The molecular weight excluding hydrogens is 279 g/mol. The van der Waals surface area contributed by atoms with Gasteiger partial charge in [0.2, 0.25) is 0 Å². The monoisotopic (exact) mass is 293 g/mol. The van der Waals surface area contributed by atoms with E-state index in [1.54, 1.807) is 48.5 Å². The smallest absolute Gasteiger partial charge is 0.492 e. The van der Waals surface area contributed by atoms with E-state index in [-0.39, 0.29) is 0 Å². The van der Waals surface area contributed by atoms with Crippen molar-refractivity contribution in [2.45, 2.75) is 0 Å². The van der Waals surface area contributed by atoms with Crippen LogP contribution in [0.4, 0.5) is 0 Å². The van der Waals surface area contributed by atoms with Gasteiger partial charge >= 0.3 is 8.25 Å². The Balaban J connectivity index is 2.09. The van der Waals surface area contributed by atoms with Gasteiger partial charge in [-0.05, 0) is 24.3 Å². The number of methoxy groups -OCH3 is 2. The topological polar surface area (TPSA) is 54.0 Å². The van der Waals surface area contributed by atoms with E-state index in [9.17, 15) is 4.57 Å². The molecule has 1 radical (unpaired) electrons. The average molecular weight is 293 g/mol. The van der Waals surface area contributed by atoms with Crippen LogP contribution in [-0.4, -0.2) is 14.2 Å². The highest BCUT2D eigenvalue weighted by molar-refractivity contribution is 7.34. The minimum atomic E-state index is -2.39. The molecule has 0 N–H and O–H groups in total. The first-order chi connectivity index (χ1) is 9.74. The lowest BCUT2D eigenvalue weighted by atomic mass is 10.3. The summed E-state index contributed by atoms with van der Waals surface area (Å²) in [5.41, 5.74) is 0. The van der Waals surface area contributed by atoms with Gasteiger partial charge in [0.15, 0.2) is 23.0 Å². The lowest BCUT2D eigenvalue weighted by Gasteiger charge is -2.10. The largest absolute Gasteiger partial charge is 0.493 e. The van der Waals surface area contributed by atoms with Crippen LogP contribution in [0.15, 0.2) is 48.5 Å². The molecule has 0 atom stereocenters. The van der Waals surface area contributed by atoms with E-state index >= 15 is 0 Å². The molecule has 0 aliphatic rings. The average Bonchev–Trinajstić information content (AvgIpc) is 2.48. The lowest BCUT2D eigenvalue weighted by Crippen LogP contribution is -1.93. The molecule has 105 valence electrons. The van der Waals surface area contributed by atoms with E-state index in [4.69, 9.17) is 18.5 Å². The zero-order chi connectivity index (χ0) is 14.4. The zero-order valence-electron chi connectivity index (χ0n) is 11.1. The van der Waals surface area contributed by atoms with Crippen molar-refractivity contribution in [2.24, 2.45) is 0 Å². The van der Waals surface area contributed by atoms with Crippen molar-refractivity contribution in [2.75, 3.05) is 14.2 Å². The number of rotatable bonds is 6. The van der Waals surface area contributed by atoms with E-state index < -0.39 is 8.25 Å². The molecule has 0 saturated carbocycles. The first-order valence-electron chi connectivity index (χ1n) is 5.84. The number of benzene rings is 2. The summed E-state index contributed by atoms with van der Waals surface area (Å²) in [7, 11) is 0.634. The molecular formula is C14H14O5P. The molecule has 20 heavy (non-hydrogen) atoms. The SMILES string of the molecule is COc1ccccc1O[P](=O)Oc1ccccc1OC. The Hall–Kier alpha value is -2.26. The van der Waals surface area contributed by atoms with Crippen LogP contribution in [0.25, 0.3) is 0 Å². The summed E-state index contributed by atoms with van der Waals surface area (Å²) in [6, 6.07) is 13.8. The molecule has 0 amide bonds. The molecule has 0 aromatic heterocycles. The zero-order valence-corrected chi connectivity index (χ0v) is 12.0. The van der Waals surface area contributed by atoms with Crippen LogP contribution < -0.4 is 18.5 Å². The fourth-order valence-corrected chi connectivity index (χ4v) is 2.23. The van der Waals surface area contributed by atoms with Gasteiger partial charge in [-0.2, -0.15) is 4.57 Å². The molecule has 2 aromatic carbocycles. The van der Waals surface area contributed by atoms with Crippen LogP contribution in [0.1, 0.15) is 0 Å². The summed E-state index contributed by atoms with van der Waals surface area (Å²) in [5, 5.41) is 0. The van der Waals surface area contributed by atoms with Gasteiger partial charge in [-0.25, -0.2) is 0 Å². The van der Waals surface area contributed by atoms with Gasteiger partial charge < -0.3 is 18.5 Å². The first-order valence-corrected chi connectivity index (χ1v) is 6.93. The minimum Gasteiger partial charge on any atom is -0.493 e. The van der Waals surface area contributed by atoms with Crippen molar-refractivity contribution in [3.63, 3.8) is 0 Å². The molecule has 2 aromatic rings. The number of hydrogen-bond donors (Lipinski definition) is 0. The van der Waals surface area contributed by atoms with Crippen LogP contribution in [0.5, 0.6) is 23.0 Å². The second-order valence-electron chi connectivity index (χ2n) is 3.71. The third kappa shape index (κ3) is 3.39. The van der Waals surface area contributed by atoms with Gasteiger partial charge in [0, 0.05) is 0 Å². The van der Waals surface area contributed by atoms with Crippen LogP contribution in [-0.2, 0) is 4.57 Å². The van der Waals surface area contributed by atoms with E-state index in [2.05, 4.69) is 0 Å². The summed E-state index contributed by atoms with van der Waals surface area (Å²) < 4.78 is 32.6. The summed E-state index contributed by atoms with van der Waals surface area (Å²) in [5.74, 6) is 1.68. The number of hydrogen-bond acceptors (Lipinski definition) is 5. The van der Waals surface area contributed by atoms with E-state index in [1.165, 1.54) is 14.2 Å². The van der Waals surface area contributed by atoms with Gasteiger partial charge in [0.25, 0.3) is 0 Å². The first kappa shape index (κ1) is 14.2. The van der Waals surface area contributed by atoms with E-state index in [0.717, 1.165) is 0 Å². The third-order valence-corrected chi connectivity index (χ3v) is 3.18. The summed E-state index contributed by atoms with van der Waals surface area (Å²) in [6.45, 7) is 0. The normalized spacial score (nSPS) is 9.70. The summed E-state index contributed by atoms with van der Waals surface area (Å²) in [4.78, 5) is 0. The van der Waals surface area contributed by atoms with Crippen LogP contribution in [0.3, 0.4) is 0 Å². The van der Waals surface area contributed by atoms with Crippen molar-refractivity contribution in [1.29, 1.82) is 0 Å². The van der Waals surface area contributed by atoms with E-state index in [1.807, 2.05) is 0 Å². The van der Waals surface area contributed by atoms with Crippen molar-refractivity contribution >= 4 is 8.25 Å². The third-order valence-electron chi connectivity index (χ3n) is 2.48. The van der Waals surface area contributed by atoms with Crippen molar-refractivity contribution in [3.05, 3.63) is 48.5 Å².